The van der Waals surface area contributed by atoms with E-state index >= 15 is 0 Å². The zero-order valence-electron chi connectivity index (χ0n) is 7.31. The molecule has 66 valence electrons. The molecule has 0 unspecified atom stereocenters. The lowest BCUT2D eigenvalue weighted by Gasteiger charge is -1.97. The summed E-state index contributed by atoms with van der Waals surface area (Å²) in [6.45, 7) is 0. The Morgan fingerprint density at radius 3 is 2.62 bits per heavy atom. The third kappa shape index (κ3) is 2.39. The van der Waals surface area contributed by atoms with Crippen LogP contribution in [0.25, 0.3) is 0 Å². The van der Waals surface area contributed by atoms with Gasteiger partial charge in [-0.05, 0) is 42.0 Å². The zero-order valence-corrected chi connectivity index (χ0v) is 8.13. The van der Waals surface area contributed by atoms with Crippen LogP contribution in [0.15, 0.2) is 42.0 Å². The van der Waals surface area contributed by atoms with Gasteiger partial charge in [0.25, 0.3) is 0 Å². The molecule has 1 nitrogen and oxygen atoms in total. The van der Waals surface area contributed by atoms with Crippen LogP contribution in [0.2, 0.25) is 0 Å². The van der Waals surface area contributed by atoms with Gasteiger partial charge in [0.1, 0.15) is 0 Å². The maximum absolute atomic E-state index is 3.99. The lowest BCUT2D eigenvalue weighted by Crippen LogP contribution is -1.88. The fourth-order valence-electron chi connectivity index (χ4n) is 1.27. The number of aryl methyl sites for hydroxylation is 2. The van der Waals surface area contributed by atoms with Crippen molar-refractivity contribution >= 4 is 11.3 Å². The lowest BCUT2D eigenvalue weighted by atomic mass is 10.1. The SMILES string of the molecule is c1csc(CCc2ccncc2)c1. The van der Waals surface area contributed by atoms with Gasteiger partial charge in [-0.1, -0.05) is 6.07 Å². The van der Waals surface area contributed by atoms with E-state index in [1.54, 1.807) is 0 Å². The van der Waals surface area contributed by atoms with Crippen LogP contribution in [0, 0.1) is 0 Å². The Bertz CT molecular complexity index is 340. The predicted octanol–water partition coefficient (Wildman–Crippen LogP) is 2.93. The zero-order chi connectivity index (χ0) is 8.93. The summed E-state index contributed by atoms with van der Waals surface area (Å²) in [5, 5.41) is 2.13. The molecule has 0 N–H and O–H groups in total. The van der Waals surface area contributed by atoms with Crippen LogP contribution in [-0.2, 0) is 12.8 Å². The highest BCUT2D eigenvalue weighted by atomic mass is 32.1. The maximum atomic E-state index is 3.99. The molecule has 13 heavy (non-hydrogen) atoms. The summed E-state index contributed by atoms with van der Waals surface area (Å²) >= 11 is 1.83. The first kappa shape index (κ1) is 8.45. The highest BCUT2D eigenvalue weighted by Crippen LogP contribution is 2.11. The predicted molar refractivity (Wildman–Crippen MR) is 56.0 cm³/mol. The monoisotopic (exact) mass is 189 g/mol. The molecule has 0 atom stereocenters. The second kappa shape index (κ2) is 4.19. The van der Waals surface area contributed by atoms with Gasteiger partial charge in [0.15, 0.2) is 0 Å². The molecular weight excluding hydrogens is 178 g/mol. The summed E-state index contributed by atoms with van der Waals surface area (Å²) < 4.78 is 0. The summed E-state index contributed by atoms with van der Waals surface area (Å²) in [5.41, 5.74) is 1.36. The number of nitrogens with zero attached hydrogens (tertiary/aromatic N) is 1. The van der Waals surface area contributed by atoms with Gasteiger partial charge in [0.05, 0.1) is 0 Å². The second-order valence-electron chi connectivity index (χ2n) is 2.93. The first-order valence-electron chi connectivity index (χ1n) is 4.36. The Balaban J connectivity index is 1.94. The highest BCUT2D eigenvalue weighted by molar-refractivity contribution is 7.09. The van der Waals surface area contributed by atoms with Crippen LogP contribution in [0.5, 0.6) is 0 Å². The van der Waals surface area contributed by atoms with E-state index in [9.17, 15) is 0 Å². The molecule has 2 aromatic heterocycles. The maximum Gasteiger partial charge on any atom is 0.0270 e. The average molecular weight is 189 g/mol. The summed E-state index contributed by atoms with van der Waals surface area (Å²) in [7, 11) is 0. The van der Waals surface area contributed by atoms with E-state index in [1.165, 1.54) is 10.4 Å². The van der Waals surface area contributed by atoms with Crippen molar-refractivity contribution in [1.82, 2.24) is 4.98 Å². The molecule has 0 aliphatic heterocycles. The van der Waals surface area contributed by atoms with E-state index in [-0.39, 0.29) is 0 Å². The van der Waals surface area contributed by atoms with Gasteiger partial charge in [-0.3, -0.25) is 4.98 Å². The van der Waals surface area contributed by atoms with Crippen LogP contribution in [0.1, 0.15) is 10.4 Å². The molecule has 2 aromatic rings. The van der Waals surface area contributed by atoms with Crippen LogP contribution in [0.3, 0.4) is 0 Å². The summed E-state index contributed by atoms with van der Waals surface area (Å²) in [6, 6.07) is 8.44. The van der Waals surface area contributed by atoms with Crippen molar-refractivity contribution in [1.29, 1.82) is 0 Å². The molecule has 0 fully saturated rings. The van der Waals surface area contributed by atoms with Crippen molar-refractivity contribution in [3.63, 3.8) is 0 Å². The van der Waals surface area contributed by atoms with Gasteiger partial charge in [-0.25, -0.2) is 0 Å². The minimum absolute atomic E-state index is 1.11. The van der Waals surface area contributed by atoms with Crippen LogP contribution in [-0.4, -0.2) is 4.98 Å². The number of pyridine rings is 1. The van der Waals surface area contributed by atoms with E-state index < -0.39 is 0 Å². The summed E-state index contributed by atoms with van der Waals surface area (Å²) in [6.07, 6.45) is 5.96. The van der Waals surface area contributed by atoms with Crippen molar-refractivity contribution in [2.75, 3.05) is 0 Å². The normalized spacial score (nSPS) is 10.2. The van der Waals surface area contributed by atoms with E-state index in [2.05, 4.69) is 34.6 Å². The van der Waals surface area contributed by atoms with Crippen molar-refractivity contribution in [3.8, 4) is 0 Å². The van der Waals surface area contributed by atoms with Crippen LogP contribution in [0.4, 0.5) is 0 Å². The van der Waals surface area contributed by atoms with Gasteiger partial charge in [-0.15, -0.1) is 11.3 Å². The second-order valence-corrected chi connectivity index (χ2v) is 3.97. The van der Waals surface area contributed by atoms with Crippen LogP contribution < -0.4 is 0 Å². The molecule has 0 bridgehead atoms. The largest absolute Gasteiger partial charge is 0.265 e. The number of hydrogen-bond donors (Lipinski definition) is 0. The molecule has 0 saturated heterocycles. The Kier molecular flexibility index (Phi) is 2.72. The van der Waals surface area contributed by atoms with Gasteiger partial charge >= 0.3 is 0 Å². The Hall–Kier alpha value is -1.15. The lowest BCUT2D eigenvalue weighted by molar-refractivity contribution is 0.975. The molecule has 0 spiro atoms. The first-order valence-corrected chi connectivity index (χ1v) is 5.24. The fraction of sp³-hybridized carbons (Fsp3) is 0.182. The minimum Gasteiger partial charge on any atom is -0.265 e. The van der Waals surface area contributed by atoms with E-state index in [0.29, 0.717) is 0 Å². The number of rotatable bonds is 3. The van der Waals surface area contributed by atoms with Crippen molar-refractivity contribution < 1.29 is 0 Å². The van der Waals surface area contributed by atoms with Crippen molar-refractivity contribution in [3.05, 3.63) is 52.5 Å². The van der Waals surface area contributed by atoms with Gasteiger partial charge in [0.2, 0.25) is 0 Å². The van der Waals surface area contributed by atoms with Gasteiger partial charge in [0, 0.05) is 17.3 Å². The molecule has 0 aliphatic carbocycles. The quantitative estimate of drug-likeness (QED) is 0.723. The number of aromatic nitrogens is 1. The average Bonchev–Trinajstić information content (AvgIpc) is 2.69. The smallest absolute Gasteiger partial charge is 0.0270 e. The topological polar surface area (TPSA) is 12.9 Å². The first-order chi connectivity index (χ1) is 6.45. The molecule has 2 heteroatoms. The standard InChI is InChI=1S/C11H11NS/c1-2-11(13-9-1)4-3-10-5-7-12-8-6-10/h1-2,5-9H,3-4H2. The van der Waals surface area contributed by atoms with Crippen molar-refractivity contribution in [2.24, 2.45) is 0 Å². The molecule has 0 saturated carbocycles. The fourth-order valence-corrected chi connectivity index (χ4v) is 1.98. The third-order valence-corrected chi connectivity index (χ3v) is 2.93. The molecule has 2 heterocycles. The van der Waals surface area contributed by atoms with Gasteiger partial charge in [-0.2, -0.15) is 0 Å². The molecule has 2 rings (SSSR count). The highest BCUT2D eigenvalue weighted by Gasteiger charge is 1.95. The van der Waals surface area contributed by atoms with E-state index in [4.69, 9.17) is 0 Å². The molecule has 0 aliphatic rings. The third-order valence-electron chi connectivity index (χ3n) is 1.99. The minimum atomic E-state index is 1.11. The Labute approximate surface area is 82.1 Å². The molecule has 0 radical (unpaired) electrons. The Morgan fingerprint density at radius 1 is 1.08 bits per heavy atom. The van der Waals surface area contributed by atoms with Gasteiger partial charge < -0.3 is 0 Å². The van der Waals surface area contributed by atoms with Crippen molar-refractivity contribution in [2.45, 2.75) is 12.8 Å². The molecule has 0 amide bonds. The number of thiophene rings is 1. The van der Waals surface area contributed by atoms with E-state index in [0.717, 1.165) is 12.8 Å². The number of hydrogen-bond acceptors (Lipinski definition) is 2. The summed E-state index contributed by atoms with van der Waals surface area (Å²) in [5.74, 6) is 0. The molecule has 0 aromatic carbocycles. The van der Waals surface area contributed by atoms with E-state index in [1.807, 2.05) is 23.7 Å². The molecular formula is C11H11NS. The van der Waals surface area contributed by atoms with Crippen LogP contribution >= 0.6 is 11.3 Å². The summed E-state index contributed by atoms with van der Waals surface area (Å²) in [4.78, 5) is 5.45. The Morgan fingerprint density at radius 2 is 1.92 bits per heavy atom.